The maximum atomic E-state index is 14.2. The van der Waals surface area contributed by atoms with Crippen LogP contribution < -0.4 is 0 Å². The largest absolute Gasteiger partial charge is 0.469 e. The van der Waals surface area contributed by atoms with E-state index in [2.05, 4.69) is 40.7 Å². The third-order valence-electron chi connectivity index (χ3n) is 12.6. The van der Waals surface area contributed by atoms with Gasteiger partial charge in [-0.05, 0) is 91.4 Å². The molecule has 6 rings (SSSR count). The molecule has 1 aliphatic heterocycles. The first kappa shape index (κ1) is 25.1. The first-order chi connectivity index (χ1) is 16.9. The molecular weight excluding hydrogens is 452 g/mol. The van der Waals surface area contributed by atoms with Crippen molar-refractivity contribution in [2.75, 3.05) is 20.3 Å². The second-order valence-corrected chi connectivity index (χ2v) is 14.5. The van der Waals surface area contributed by atoms with Crippen LogP contribution in [0.1, 0.15) is 92.4 Å². The highest BCUT2D eigenvalue weighted by atomic mass is 16.7. The lowest BCUT2D eigenvalue weighted by Crippen LogP contribution is -2.62. The highest BCUT2D eigenvalue weighted by Gasteiger charge is 2.67. The summed E-state index contributed by atoms with van der Waals surface area (Å²) in [4.78, 5) is 27.5. The van der Waals surface area contributed by atoms with Crippen LogP contribution in [-0.2, 0) is 23.8 Å². The van der Waals surface area contributed by atoms with E-state index in [4.69, 9.17) is 14.2 Å². The van der Waals surface area contributed by atoms with Gasteiger partial charge in [-0.3, -0.25) is 9.59 Å². The van der Waals surface area contributed by atoms with E-state index in [1.807, 2.05) is 0 Å². The van der Waals surface area contributed by atoms with Crippen LogP contribution in [0.2, 0.25) is 0 Å². The highest BCUT2D eigenvalue weighted by Crippen LogP contribution is 2.71. The molecular formula is C31H46O5. The molecule has 8 atom stereocenters. The maximum Gasteiger partial charge on any atom is 0.312 e. The smallest absolute Gasteiger partial charge is 0.312 e. The SMILES string of the molecule is COC(=O)C12CCC3C(C(=O)C=C4C3(C)CCC3C(C)C5(CCC43C)OCCO5)C1CC(C)(C)CC2. The zero-order valence-electron chi connectivity index (χ0n) is 23.3. The van der Waals surface area contributed by atoms with Gasteiger partial charge in [-0.1, -0.05) is 40.2 Å². The molecule has 1 saturated heterocycles. The minimum absolute atomic E-state index is 0.00364. The van der Waals surface area contributed by atoms with E-state index in [1.165, 1.54) is 12.7 Å². The van der Waals surface area contributed by atoms with Crippen molar-refractivity contribution in [2.24, 2.45) is 51.2 Å². The molecule has 1 spiro atoms. The zero-order chi connectivity index (χ0) is 25.7. The van der Waals surface area contributed by atoms with Crippen molar-refractivity contribution >= 4 is 11.8 Å². The number of esters is 1. The van der Waals surface area contributed by atoms with E-state index in [0.29, 0.717) is 31.0 Å². The molecule has 5 nitrogen and oxygen atoms in total. The number of ketones is 1. The predicted octanol–water partition coefficient (Wildman–Crippen LogP) is 6.10. The molecule has 4 saturated carbocycles. The summed E-state index contributed by atoms with van der Waals surface area (Å²) in [6.45, 7) is 13.2. The summed E-state index contributed by atoms with van der Waals surface area (Å²) in [7, 11) is 1.53. The first-order valence-corrected chi connectivity index (χ1v) is 14.6. The van der Waals surface area contributed by atoms with Gasteiger partial charge in [0.1, 0.15) is 0 Å². The number of hydrogen-bond acceptors (Lipinski definition) is 5. The predicted molar refractivity (Wildman–Crippen MR) is 137 cm³/mol. The van der Waals surface area contributed by atoms with Gasteiger partial charge in [0.05, 0.1) is 25.7 Å². The monoisotopic (exact) mass is 498 g/mol. The summed E-state index contributed by atoms with van der Waals surface area (Å²) < 4.78 is 17.9. The number of carbonyl (C=O) groups is 2. The van der Waals surface area contributed by atoms with Crippen molar-refractivity contribution in [3.8, 4) is 0 Å². The first-order valence-electron chi connectivity index (χ1n) is 14.6. The van der Waals surface area contributed by atoms with Crippen molar-refractivity contribution in [2.45, 2.75) is 98.2 Å². The van der Waals surface area contributed by atoms with Crippen molar-refractivity contribution < 1.29 is 23.8 Å². The zero-order valence-corrected chi connectivity index (χ0v) is 23.3. The van der Waals surface area contributed by atoms with Crippen LogP contribution in [0.3, 0.4) is 0 Å². The Balaban J connectivity index is 1.40. The number of rotatable bonds is 1. The molecule has 200 valence electrons. The van der Waals surface area contributed by atoms with Gasteiger partial charge in [-0.2, -0.15) is 0 Å². The second kappa shape index (κ2) is 7.91. The van der Waals surface area contributed by atoms with Gasteiger partial charge in [-0.15, -0.1) is 0 Å². The molecule has 0 N–H and O–H groups in total. The van der Waals surface area contributed by atoms with E-state index in [-0.39, 0.29) is 39.8 Å². The highest BCUT2D eigenvalue weighted by molar-refractivity contribution is 5.95. The van der Waals surface area contributed by atoms with Crippen LogP contribution in [0, 0.1) is 51.2 Å². The minimum Gasteiger partial charge on any atom is -0.469 e. The van der Waals surface area contributed by atoms with E-state index >= 15 is 0 Å². The molecule has 5 aliphatic carbocycles. The number of carbonyl (C=O) groups excluding carboxylic acids is 2. The summed E-state index contributed by atoms with van der Waals surface area (Å²) in [5, 5.41) is 0. The number of allylic oxidation sites excluding steroid dienone is 2. The van der Waals surface area contributed by atoms with Gasteiger partial charge in [0.2, 0.25) is 0 Å². The molecule has 1 heterocycles. The van der Waals surface area contributed by atoms with Crippen molar-refractivity contribution in [3.63, 3.8) is 0 Å². The Morgan fingerprint density at radius 3 is 2.25 bits per heavy atom. The van der Waals surface area contributed by atoms with E-state index in [0.717, 1.165) is 57.8 Å². The molecule has 0 radical (unpaired) electrons. The Labute approximate surface area is 217 Å². The Hall–Kier alpha value is -1.20. The van der Waals surface area contributed by atoms with E-state index < -0.39 is 11.2 Å². The average molecular weight is 499 g/mol. The van der Waals surface area contributed by atoms with Crippen LogP contribution in [0.4, 0.5) is 0 Å². The Kier molecular flexibility index (Phi) is 5.52. The summed E-state index contributed by atoms with van der Waals surface area (Å²) in [6.07, 6.45) is 10.9. The van der Waals surface area contributed by atoms with Crippen molar-refractivity contribution in [1.82, 2.24) is 0 Å². The lowest BCUT2D eigenvalue weighted by Gasteiger charge is -2.65. The van der Waals surface area contributed by atoms with Gasteiger partial charge < -0.3 is 14.2 Å². The lowest BCUT2D eigenvalue weighted by molar-refractivity contribution is -0.245. The molecule has 5 fully saturated rings. The number of methoxy groups -OCH3 is 1. The van der Waals surface area contributed by atoms with Gasteiger partial charge in [0, 0.05) is 18.3 Å². The van der Waals surface area contributed by atoms with Gasteiger partial charge in [0.15, 0.2) is 11.6 Å². The van der Waals surface area contributed by atoms with Crippen molar-refractivity contribution in [1.29, 1.82) is 0 Å². The van der Waals surface area contributed by atoms with Crippen LogP contribution in [0.25, 0.3) is 0 Å². The molecule has 5 heteroatoms. The Morgan fingerprint density at radius 1 is 0.889 bits per heavy atom. The third kappa shape index (κ3) is 3.14. The minimum atomic E-state index is -0.493. The van der Waals surface area contributed by atoms with Gasteiger partial charge in [0.25, 0.3) is 0 Å². The average Bonchev–Trinajstić information content (AvgIpc) is 3.32. The number of fused-ring (bicyclic) bond motifs is 7. The summed E-state index contributed by atoms with van der Waals surface area (Å²) in [6, 6.07) is 0. The fraction of sp³-hybridized carbons (Fsp3) is 0.871. The normalized spacial score (nSPS) is 48.8. The molecule has 0 aromatic rings. The summed E-state index contributed by atoms with van der Waals surface area (Å²) >= 11 is 0. The van der Waals surface area contributed by atoms with Gasteiger partial charge >= 0.3 is 5.97 Å². The Bertz CT molecular complexity index is 991. The van der Waals surface area contributed by atoms with E-state index in [1.54, 1.807) is 0 Å². The van der Waals surface area contributed by atoms with Crippen LogP contribution in [0.15, 0.2) is 11.6 Å². The molecule has 6 aliphatic rings. The molecule has 0 aromatic carbocycles. The van der Waals surface area contributed by atoms with E-state index in [9.17, 15) is 9.59 Å². The lowest BCUT2D eigenvalue weighted by atomic mass is 9.39. The summed E-state index contributed by atoms with van der Waals surface area (Å²) in [5.74, 6) is 0.866. The summed E-state index contributed by atoms with van der Waals surface area (Å²) in [5.41, 5.74) is 1.06. The second-order valence-electron chi connectivity index (χ2n) is 14.5. The van der Waals surface area contributed by atoms with Crippen LogP contribution in [0.5, 0.6) is 0 Å². The number of hydrogen-bond donors (Lipinski definition) is 0. The standard InChI is InChI=1S/C31H46O5/c1-19-20-7-9-28(4)21-8-10-30(26(33)34-6)13-11-27(2,3)18-22(30)25(21)23(32)17-24(28)29(20,5)12-14-31(19)35-15-16-36-31/h17,19-22,25H,7-16,18H2,1-6H3. The number of ether oxygens (including phenoxy) is 3. The quantitative estimate of drug-likeness (QED) is 0.409. The van der Waals surface area contributed by atoms with Crippen molar-refractivity contribution in [3.05, 3.63) is 11.6 Å². The maximum absolute atomic E-state index is 14.2. The molecule has 0 amide bonds. The van der Waals surface area contributed by atoms with Crippen LogP contribution >= 0.6 is 0 Å². The van der Waals surface area contributed by atoms with Crippen LogP contribution in [-0.4, -0.2) is 37.9 Å². The third-order valence-corrected chi connectivity index (χ3v) is 12.6. The fourth-order valence-electron chi connectivity index (χ4n) is 10.6. The molecule has 0 aromatic heterocycles. The van der Waals surface area contributed by atoms with Gasteiger partial charge in [-0.25, -0.2) is 0 Å². The molecule has 0 bridgehead atoms. The fourth-order valence-corrected chi connectivity index (χ4v) is 10.6. The molecule has 8 unspecified atom stereocenters. The topological polar surface area (TPSA) is 61.8 Å². The molecule has 36 heavy (non-hydrogen) atoms. The Morgan fingerprint density at radius 2 is 1.56 bits per heavy atom.